The summed E-state index contributed by atoms with van der Waals surface area (Å²) >= 11 is 1.63. The van der Waals surface area contributed by atoms with Crippen molar-refractivity contribution >= 4 is 17.0 Å². The van der Waals surface area contributed by atoms with E-state index in [-0.39, 0.29) is 17.8 Å². The Hall–Kier alpha value is -2.74. The predicted molar refractivity (Wildman–Crippen MR) is 120 cm³/mol. The first-order valence-electron chi connectivity index (χ1n) is 9.87. The summed E-state index contributed by atoms with van der Waals surface area (Å²) in [6.07, 6.45) is 1.83. The maximum Gasteiger partial charge on any atom is 0.272 e. The third kappa shape index (κ3) is 4.70. The van der Waals surface area contributed by atoms with Crippen molar-refractivity contribution in [3.05, 3.63) is 70.1 Å². The van der Waals surface area contributed by atoms with Gasteiger partial charge in [-0.15, -0.1) is 11.3 Å². The number of hydrogen-bond donors (Lipinski definition) is 1. The summed E-state index contributed by atoms with van der Waals surface area (Å²) in [4.78, 5) is 18.2. The molecule has 0 aliphatic rings. The van der Waals surface area contributed by atoms with E-state index in [2.05, 4.69) is 33.7 Å². The van der Waals surface area contributed by atoms with E-state index < -0.39 is 0 Å². The van der Waals surface area contributed by atoms with Crippen LogP contribution >= 0.6 is 11.3 Å². The van der Waals surface area contributed by atoms with Crippen molar-refractivity contribution in [2.24, 2.45) is 0 Å². The van der Waals surface area contributed by atoms with Crippen LogP contribution in [0, 0.1) is 0 Å². The third-order valence-electron chi connectivity index (χ3n) is 4.54. The lowest BCUT2D eigenvalue weighted by molar-refractivity contribution is -0.0380. The molecule has 4 aromatic rings. The van der Waals surface area contributed by atoms with Crippen LogP contribution in [0.5, 0.6) is 0 Å². The molecule has 0 fully saturated rings. The number of H-pyrrole nitrogens is 1. The molecule has 0 unspecified atom stereocenters. The number of aromatic amines is 1. The SMILES string of the molecule is CC(C)(C)OCCOCc1cc(=O)n2[nH]cc(-c3cc(-c4ccccc4)cs3)c2n1. The summed E-state index contributed by atoms with van der Waals surface area (Å²) in [5.41, 5.74) is 4.07. The van der Waals surface area contributed by atoms with Crippen molar-refractivity contribution in [2.75, 3.05) is 13.2 Å². The fraction of sp³-hybridized carbons (Fsp3) is 0.304. The summed E-state index contributed by atoms with van der Waals surface area (Å²) in [5, 5.41) is 5.13. The first kappa shape index (κ1) is 20.5. The minimum absolute atomic E-state index is 0.157. The van der Waals surface area contributed by atoms with Crippen molar-refractivity contribution < 1.29 is 9.47 Å². The molecule has 0 atom stereocenters. The van der Waals surface area contributed by atoms with E-state index in [1.807, 2.05) is 45.2 Å². The van der Waals surface area contributed by atoms with Gasteiger partial charge in [0.25, 0.3) is 5.56 Å². The van der Waals surface area contributed by atoms with Crippen LogP contribution in [-0.4, -0.2) is 33.4 Å². The van der Waals surface area contributed by atoms with Gasteiger partial charge in [0.05, 0.1) is 36.7 Å². The highest BCUT2D eigenvalue weighted by Crippen LogP contribution is 2.33. The molecule has 0 spiro atoms. The zero-order valence-corrected chi connectivity index (χ0v) is 18.2. The molecular weight excluding hydrogens is 398 g/mol. The van der Waals surface area contributed by atoms with Gasteiger partial charge in [0.15, 0.2) is 5.65 Å². The normalized spacial score (nSPS) is 12.0. The molecular formula is C23H25N3O3S. The van der Waals surface area contributed by atoms with Gasteiger partial charge in [0.2, 0.25) is 0 Å². The highest BCUT2D eigenvalue weighted by molar-refractivity contribution is 7.14. The predicted octanol–water partition coefficient (Wildman–Crippen LogP) is 4.75. The lowest BCUT2D eigenvalue weighted by Gasteiger charge is -2.19. The number of aromatic nitrogens is 3. The molecule has 0 aliphatic carbocycles. The average Bonchev–Trinajstić information content (AvgIpc) is 3.35. The lowest BCUT2D eigenvalue weighted by atomic mass is 10.1. The van der Waals surface area contributed by atoms with Gasteiger partial charge >= 0.3 is 0 Å². The Morgan fingerprint density at radius 3 is 2.67 bits per heavy atom. The molecule has 7 heteroatoms. The van der Waals surface area contributed by atoms with Gasteiger partial charge in [-0.3, -0.25) is 9.89 Å². The van der Waals surface area contributed by atoms with E-state index in [4.69, 9.17) is 9.47 Å². The number of thiophene rings is 1. The molecule has 0 radical (unpaired) electrons. The molecule has 3 heterocycles. The van der Waals surface area contributed by atoms with Crippen molar-refractivity contribution in [1.82, 2.24) is 14.6 Å². The summed E-state index contributed by atoms with van der Waals surface area (Å²) in [6.45, 7) is 7.23. The Morgan fingerprint density at radius 1 is 1.10 bits per heavy atom. The van der Waals surface area contributed by atoms with Crippen LogP contribution in [0.3, 0.4) is 0 Å². The molecule has 6 nitrogen and oxygen atoms in total. The summed E-state index contributed by atoms with van der Waals surface area (Å²) in [5.74, 6) is 0. The second kappa shape index (κ2) is 8.55. The second-order valence-electron chi connectivity index (χ2n) is 8.01. The molecule has 156 valence electrons. The minimum atomic E-state index is -0.196. The van der Waals surface area contributed by atoms with Crippen molar-refractivity contribution in [3.63, 3.8) is 0 Å². The Balaban J connectivity index is 1.54. The number of nitrogens with zero attached hydrogens (tertiary/aromatic N) is 2. The zero-order valence-electron chi connectivity index (χ0n) is 17.3. The van der Waals surface area contributed by atoms with Gasteiger partial charge in [0.1, 0.15) is 0 Å². The van der Waals surface area contributed by atoms with Crippen LogP contribution in [0.1, 0.15) is 26.5 Å². The molecule has 1 aromatic carbocycles. The Kier molecular flexibility index (Phi) is 5.85. The maximum absolute atomic E-state index is 12.5. The van der Waals surface area contributed by atoms with Gasteiger partial charge in [0, 0.05) is 17.1 Å². The molecule has 0 bridgehead atoms. The van der Waals surface area contributed by atoms with Gasteiger partial charge in [-0.25, -0.2) is 9.50 Å². The van der Waals surface area contributed by atoms with Gasteiger partial charge in [-0.1, -0.05) is 30.3 Å². The van der Waals surface area contributed by atoms with Gasteiger partial charge < -0.3 is 9.47 Å². The van der Waals surface area contributed by atoms with E-state index in [1.165, 1.54) is 10.6 Å². The number of rotatable bonds is 7. The molecule has 0 saturated heterocycles. The molecule has 1 N–H and O–H groups in total. The second-order valence-corrected chi connectivity index (χ2v) is 8.92. The molecule has 3 aromatic heterocycles. The Bertz CT molecular complexity index is 1190. The first-order valence-corrected chi connectivity index (χ1v) is 10.7. The van der Waals surface area contributed by atoms with Crippen LogP contribution in [0.15, 0.2) is 58.8 Å². The molecule has 0 amide bonds. The van der Waals surface area contributed by atoms with Crippen LogP contribution in [0.2, 0.25) is 0 Å². The van der Waals surface area contributed by atoms with Crippen LogP contribution < -0.4 is 5.56 Å². The zero-order chi connectivity index (χ0) is 21.1. The molecule has 0 saturated carbocycles. The smallest absolute Gasteiger partial charge is 0.272 e. The van der Waals surface area contributed by atoms with E-state index in [0.717, 1.165) is 21.6 Å². The first-order chi connectivity index (χ1) is 14.4. The quantitative estimate of drug-likeness (QED) is 0.436. The van der Waals surface area contributed by atoms with Crippen LogP contribution in [-0.2, 0) is 16.1 Å². The number of fused-ring (bicyclic) bond motifs is 1. The number of nitrogens with one attached hydrogen (secondary N) is 1. The molecule has 4 rings (SSSR count). The van der Waals surface area contributed by atoms with Crippen LogP contribution in [0.4, 0.5) is 0 Å². The number of hydrogen-bond acceptors (Lipinski definition) is 5. The standard InChI is InChI=1S/C23H25N3O3S/c1-23(2,3)29-10-9-28-14-18-12-21(27)26-22(25-18)19(13-24-26)20-11-17(15-30-20)16-7-5-4-6-8-16/h4-8,11-13,15,24H,9-10,14H2,1-3H3. The van der Waals surface area contributed by atoms with E-state index in [1.54, 1.807) is 11.3 Å². The largest absolute Gasteiger partial charge is 0.373 e. The minimum Gasteiger partial charge on any atom is -0.373 e. The highest BCUT2D eigenvalue weighted by Gasteiger charge is 2.14. The van der Waals surface area contributed by atoms with Gasteiger partial charge in [-0.2, -0.15) is 0 Å². The maximum atomic E-state index is 12.5. The average molecular weight is 424 g/mol. The topological polar surface area (TPSA) is 68.6 Å². The summed E-state index contributed by atoms with van der Waals surface area (Å²) in [6, 6.07) is 13.9. The summed E-state index contributed by atoms with van der Waals surface area (Å²) < 4.78 is 12.8. The lowest BCUT2D eigenvalue weighted by Crippen LogP contribution is -2.22. The third-order valence-corrected chi connectivity index (χ3v) is 5.50. The molecule has 30 heavy (non-hydrogen) atoms. The van der Waals surface area contributed by atoms with Crippen molar-refractivity contribution in [2.45, 2.75) is 33.0 Å². The molecule has 0 aliphatic heterocycles. The van der Waals surface area contributed by atoms with E-state index in [0.29, 0.717) is 24.6 Å². The van der Waals surface area contributed by atoms with E-state index >= 15 is 0 Å². The van der Waals surface area contributed by atoms with Crippen molar-refractivity contribution in [1.29, 1.82) is 0 Å². The Labute approximate surface area is 179 Å². The number of ether oxygens (including phenoxy) is 2. The highest BCUT2D eigenvalue weighted by atomic mass is 32.1. The number of benzene rings is 1. The fourth-order valence-corrected chi connectivity index (χ4v) is 4.06. The fourth-order valence-electron chi connectivity index (χ4n) is 3.13. The van der Waals surface area contributed by atoms with Crippen molar-refractivity contribution in [3.8, 4) is 21.6 Å². The van der Waals surface area contributed by atoms with Crippen LogP contribution in [0.25, 0.3) is 27.2 Å². The summed E-state index contributed by atoms with van der Waals surface area (Å²) in [7, 11) is 0. The van der Waals surface area contributed by atoms with Gasteiger partial charge in [-0.05, 0) is 43.3 Å². The Morgan fingerprint density at radius 2 is 1.90 bits per heavy atom. The monoisotopic (exact) mass is 423 g/mol. The van der Waals surface area contributed by atoms with E-state index in [9.17, 15) is 4.79 Å².